The fourth-order valence-corrected chi connectivity index (χ4v) is 4.76. The highest BCUT2D eigenvalue weighted by atomic mass is 32.1. The second-order valence-corrected chi connectivity index (χ2v) is 8.53. The van der Waals surface area contributed by atoms with Crippen molar-refractivity contribution in [2.45, 2.75) is 26.0 Å². The van der Waals surface area contributed by atoms with Gasteiger partial charge in [0.1, 0.15) is 6.10 Å². The minimum absolute atomic E-state index is 0.0384. The fourth-order valence-electron chi connectivity index (χ4n) is 3.60. The van der Waals surface area contributed by atoms with E-state index in [0.717, 1.165) is 15.6 Å². The lowest BCUT2D eigenvalue weighted by atomic mass is 10.0. The van der Waals surface area contributed by atoms with Crippen LogP contribution >= 0.6 is 11.3 Å². The van der Waals surface area contributed by atoms with Gasteiger partial charge in [-0.3, -0.25) is 14.3 Å². The number of carbonyl (C=O) groups excluding carboxylic acids is 2. The Morgan fingerprint density at radius 1 is 1.31 bits per heavy atom. The molecule has 1 aliphatic heterocycles. The van der Waals surface area contributed by atoms with E-state index in [4.69, 9.17) is 4.74 Å². The van der Waals surface area contributed by atoms with Crippen LogP contribution < -0.4 is 5.32 Å². The van der Waals surface area contributed by atoms with Crippen molar-refractivity contribution in [2.24, 2.45) is 7.05 Å². The van der Waals surface area contributed by atoms with Crippen LogP contribution in [-0.4, -0.2) is 52.2 Å². The summed E-state index contributed by atoms with van der Waals surface area (Å²) in [6.07, 6.45) is 2.94. The first-order chi connectivity index (χ1) is 13.9. The van der Waals surface area contributed by atoms with Crippen LogP contribution in [0.15, 0.2) is 36.7 Å². The van der Waals surface area contributed by atoms with Crippen molar-refractivity contribution in [1.82, 2.24) is 20.0 Å². The lowest BCUT2D eigenvalue weighted by Gasteiger charge is -2.33. The van der Waals surface area contributed by atoms with Crippen molar-refractivity contribution in [3.8, 4) is 0 Å². The molecule has 2 amide bonds. The number of ether oxygens (including phenoxy) is 1. The molecule has 8 heteroatoms. The number of fused-ring (bicyclic) bond motifs is 1. The van der Waals surface area contributed by atoms with E-state index in [1.54, 1.807) is 29.0 Å². The molecule has 3 heterocycles. The van der Waals surface area contributed by atoms with Gasteiger partial charge in [-0.25, -0.2) is 0 Å². The summed E-state index contributed by atoms with van der Waals surface area (Å²) in [6.45, 7) is 5.22. The third kappa shape index (κ3) is 3.90. The van der Waals surface area contributed by atoms with Crippen LogP contribution in [0.3, 0.4) is 0 Å². The lowest BCUT2D eigenvalue weighted by Crippen LogP contribution is -2.42. The number of hydrogen-bond donors (Lipinski definition) is 1. The van der Waals surface area contributed by atoms with E-state index in [1.165, 1.54) is 11.3 Å². The van der Waals surface area contributed by atoms with E-state index in [0.29, 0.717) is 30.1 Å². The molecule has 0 aliphatic carbocycles. The first kappa shape index (κ1) is 19.6. The predicted molar refractivity (Wildman–Crippen MR) is 112 cm³/mol. The van der Waals surface area contributed by atoms with Gasteiger partial charge in [0.25, 0.3) is 11.8 Å². The topological polar surface area (TPSA) is 76.5 Å². The minimum atomic E-state index is -0.353. The number of nitrogens with zero attached hydrogens (tertiary/aromatic N) is 3. The van der Waals surface area contributed by atoms with Crippen LogP contribution in [0, 0.1) is 0 Å². The lowest BCUT2D eigenvalue weighted by molar-refractivity contribution is -0.0222. The molecule has 0 unspecified atom stereocenters. The van der Waals surface area contributed by atoms with Gasteiger partial charge in [0.2, 0.25) is 0 Å². The number of hydrogen-bond acceptors (Lipinski definition) is 5. The quantitative estimate of drug-likeness (QED) is 0.715. The Balaban J connectivity index is 1.68. The van der Waals surface area contributed by atoms with E-state index in [2.05, 4.69) is 10.4 Å². The summed E-state index contributed by atoms with van der Waals surface area (Å²) in [7, 11) is 1.79. The molecule has 1 aromatic carbocycles. The second-order valence-electron chi connectivity index (χ2n) is 7.48. The number of rotatable bonds is 4. The number of morpholine rings is 1. The van der Waals surface area contributed by atoms with E-state index in [9.17, 15) is 9.59 Å². The molecule has 29 heavy (non-hydrogen) atoms. The summed E-state index contributed by atoms with van der Waals surface area (Å²) in [5, 5.41) is 8.09. The van der Waals surface area contributed by atoms with Crippen molar-refractivity contribution < 1.29 is 14.3 Å². The van der Waals surface area contributed by atoms with Gasteiger partial charge in [-0.1, -0.05) is 18.2 Å². The summed E-state index contributed by atoms with van der Waals surface area (Å²) in [6, 6.07) is 7.99. The largest absolute Gasteiger partial charge is 0.370 e. The maximum atomic E-state index is 12.9. The zero-order valence-electron chi connectivity index (χ0n) is 16.7. The molecule has 2 aromatic heterocycles. The fraction of sp³-hybridized carbons (Fsp3) is 0.381. The predicted octanol–water partition coefficient (Wildman–Crippen LogP) is 2.99. The average molecular weight is 413 g/mol. The van der Waals surface area contributed by atoms with E-state index in [1.807, 2.05) is 38.1 Å². The highest BCUT2D eigenvalue weighted by Gasteiger charge is 2.32. The molecular formula is C21H24N4O3S. The van der Waals surface area contributed by atoms with Crippen LogP contribution in [0.25, 0.3) is 10.1 Å². The summed E-state index contributed by atoms with van der Waals surface area (Å²) in [4.78, 5) is 28.2. The van der Waals surface area contributed by atoms with E-state index < -0.39 is 0 Å². The van der Waals surface area contributed by atoms with Crippen molar-refractivity contribution in [1.29, 1.82) is 0 Å². The first-order valence-corrected chi connectivity index (χ1v) is 10.5. The molecule has 0 spiro atoms. The van der Waals surface area contributed by atoms with Crippen molar-refractivity contribution in [3.63, 3.8) is 0 Å². The van der Waals surface area contributed by atoms with Gasteiger partial charge in [-0.15, -0.1) is 11.3 Å². The molecule has 0 radical (unpaired) electrons. The highest BCUT2D eigenvalue weighted by molar-refractivity contribution is 7.21. The zero-order valence-corrected chi connectivity index (χ0v) is 17.5. The molecule has 0 bridgehead atoms. The monoisotopic (exact) mass is 412 g/mol. The molecule has 1 N–H and O–H groups in total. The van der Waals surface area contributed by atoms with Crippen LogP contribution in [0.5, 0.6) is 0 Å². The molecule has 7 nitrogen and oxygen atoms in total. The zero-order chi connectivity index (χ0) is 20.5. The Morgan fingerprint density at radius 2 is 2.10 bits per heavy atom. The van der Waals surface area contributed by atoms with Gasteiger partial charge < -0.3 is 15.0 Å². The van der Waals surface area contributed by atoms with Gasteiger partial charge in [-0.2, -0.15) is 5.10 Å². The molecule has 1 atom stereocenters. The van der Waals surface area contributed by atoms with Crippen LogP contribution in [0.4, 0.5) is 0 Å². The molecule has 1 saturated heterocycles. The van der Waals surface area contributed by atoms with Crippen LogP contribution in [-0.2, 0) is 11.8 Å². The normalized spacial score (nSPS) is 17.1. The molecule has 1 fully saturated rings. The summed E-state index contributed by atoms with van der Waals surface area (Å²) in [5.74, 6) is -0.172. The number of amides is 2. The van der Waals surface area contributed by atoms with Gasteiger partial charge in [-0.05, 0) is 25.3 Å². The maximum absolute atomic E-state index is 12.9. The Hall–Kier alpha value is -2.71. The second kappa shape index (κ2) is 7.96. The van der Waals surface area contributed by atoms with Gasteiger partial charge in [0.15, 0.2) is 0 Å². The third-order valence-electron chi connectivity index (χ3n) is 4.89. The van der Waals surface area contributed by atoms with Gasteiger partial charge in [0.05, 0.1) is 29.8 Å². The number of carbonyl (C=O) groups is 2. The number of thiophene rings is 1. The Bertz CT molecular complexity index is 1060. The average Bonchev–Trinajstić information content (AvgIpc) is 3.30. The molecule has 152 valence electrons. The van der Waals surface area contributed by atoms with Crippen molar-refractivity contribution >= 4 is 33.2 Å². The molecule has 1 aliphatic rings. The number of nitrogens with one attached hydrogen (secondary N) is 1. The van der Waals surface area contributed by atoms with Crippen LogP contribution in [0.2, 0.25) is 0 Å². The third-order valence-corrected chi connectivity index (χ3v) is 6.07. The number of aromatic nitrogens is 2. The maximum Gasteiger partial charge on any atom is 0.261 e. The van der Waals surface area contributed by atoms with Gasteiger partial charge >= 0.3 is 0 Å². The molecule has 3 aromatic rings. The molecular weight excluding hydrogens is 388 g/mol. The summed E-state index contributed by atoms with van der Waals surface area (Å²) < 4.78 is 8.71. The molecule has 0 saturated carbocycles. The minimum Gasteiger partial charge on any atom is -0.370 e. The van der Waals surface area contributed by atoms with Crippen molar-refractivity contribution in [3.05, 3.63) is 52.7 Å². The Labute approximate surface area is 173 Å². The highest BCUT2D eigenvalue weighted by Crippen LogP contribution is 2.38. The van der Waals surface area contributed by atoms with Crippen molar-refractivity contribution in [2.75, 3.05) is 19.7 Å². The Morgan fingerprint density at radius 3 is 2.83 bits per heavy atom. The standard InChI is InChI=1S/C21H24N4O3S/c1-13(2)23-20(26)19-18(15-6-4-5-7-17(15)29-19)16-12-25(8-9-28-16)21(27)14-10-22-24(3)11-14/h4-7,10-11,13,16H,8-9,12H2,1-3H3,(H,23,26)/t16-/m1/s1. The summed E-state index contributed by atoms with van der Waals surface area (Å²) >= 11 is 1.47. The molecule has 4 rings (SSSR count). The smallest absolute Gasteiger partial charge is 0.261 e. The first-order valence-electron chi connectivity index (χ1n) is 9.66. The summed E-state index contributed by atoms with van der Waals surface area (Å²) in [5.41, 5.74) is 1.42. The Kier molecular flexibility index (Phi) is 5.38. The SMILES string of the molecule is CC(C)NC(=O)c1sc2ccccc2c1[C@H]1CN(C(=O)c2cnn(C)c2)CCO1. The van der Waals surface area contributed by atoms with E-state index >= 15 is 0 Å². The number of aryl methyl sites for hydroxylation is 1. The van der Waals surface area contributed by atoms with Gasteiger partial charge in [0, 0.05) is 36.1 Å². The van der Waals surface area contributed by atoms with E-state index in [-0.39, 0.29) is 24.0 Å². The number of benzene rings is 1. The van der Waals surface area contributed by atoms with Crippen LogP contribution in [0.1, 0.15) is 45.5 Å².